The van der Waals surface area contributed by atoms with Gasteiger partial charge in [0.15, 0.2) is 0 Å². The Bertz CT molecular complexity index is 2710. The summed E-state index contributed by atoms with van der Waals surface area (Å²) in [5, 5.41) is 6.62. The second-order valence-electron chi connectivity index (χ2n) is 15.2. The number of furan rings is 1. The van der Waals surface area contributed by atoms with E-state index in [4.69, 9.17) is 11.3 Å². The van der Waals surface area contributed by atoms with Crippen LogP contribution in [-0.4, -0.2) is 4.98 Å². The second kappa shape index (κ2) is 14.3. The molecule has 0 atom stereocenters. The van der Waals surface area contributed by atoms with Crippen LogP contribution >= 0.6 is 0 Å². The Balaban J connectivity index is 0.000000208. The Labute approximate surface area is 329 Å². The van der Waals surface area contributed by atoms with Crippen molar-refractivity contribution in [3.8, 4) is 22.5 Å². The van der Waals surface area contributed by atoms with Crippen molar-refractivity contribution in [1.29, 1.82) is 0 Å². The number of hydrogen-bond acceptors (Lipinski definition) is 2. The molecule has 0 aliphatic rings. The second-order valence-corrected chi connectivity index (χ2v) is 15.2. The van der Waals surface area contributed by atoms with Gasteiger partial charge >= 0.3 is 20.1 Å². The molecule has 0 fully saturated rings. The fraction of sp³-hybridized carbons (Fsp3) is 0.208. The molecule has 0 aliphatic carbocycles. The van der Waals surface area contributed by atoms with Gasteiger partial charge in [0.1, 0.15) is 5.58 Å². The number of hydrogen-bond donors (Lipinski definition) is 0. The van der Waals surface area contributed by atoms with Crippen molar-refractivity contribution in [3.63, 3.8) is 0 Å². The average Bonchev–Trinajstić information content (AvgIpc) is 3.53. The first-order valence-corrected chi connectivity index (χ1v) is 17.2. The molecule has 4 heteroatoms. The molecule has 3 aromatic heterocycles. The third-order valence-corrected chi connectivity index (χ3v) is 9.11. The molecular formula is C48H46IrN2O+. The van der Waals surface area contributed by atoms with Gasteiger partial charge in [-0.05, 0) is 50.7 Å². The molecule has 0 unspecified atom stereocenters. The van der Waals surface area contributed by atoms with Gasteiger partial charge in [0, 0.05) is 30.9 Å². The van der Waals surface area contributed by atoms with E-state index in [0.29, 0.717) is 22.4 Å². The normalized spacial score (nSPS) is 13.8. The zero-order valence-electron chi connectivity index (χ0n) is 35.5. The van der Waals surface area contributed by atoms with Crippen LogP contribution in [0.1, 0.15) is 70.7 Å². The Morgan fingerprint density at radius 1 is 0.827 bits per heavy atom. The maximum absolute atomic E-state index is 8.70. The largest absolute Gasteiger partial charge is 3.00 e. The fourth-order valence-corrected chi connectivity index (χ4v) is 6.63. The standard InChI is InChI=1S/C30H24NO.C18H22N.Ir/c1-30(2,3)18-19-15-16-31-26(17-19)25-10-6-9-23-24-14-13-21-12-11-20-7-4-5-8-22(20)27(21)29(24)32-28(23)25;1-13-7-9-16(14(2)11-13)17-10-8-15(12-19(17)6)18(3,4)5;/h4-9,11-17H,18H2,1-3H3;7-12H,2,6H2,1,3-5H3;/q2*-1;+3/i18D2;1D3;. The van der Waals surface area contributed by atoms with Crippen molar-refractivity contribution in [3.05, 3.63) is 158 Å². The van der Waals surface area contributed by atoms with Gasteiger partial charge in [0.05, 0.1) is 17.5 Å². The van der Waals surface area contributed by atoms with Gasteiger partial charge in [-0.15, -0.1) is 35.4 Å². The van der Waals surface area contributed by atoms with E-state index >= 15 is 0 Å². The van der Waals surface area contributed by atoms with Crippen LogP contribution in [0.15, 0.2) is 120 Å². The molecule has 52 heavy (non-hydrogen) atoms. The van der Waals surface area contributed by atoms with Gasteiger partial charge in [-0.3, -0.25) is 0 Å². The van der Waals surface area contributed by atoms with Crippen LogP contribution in [0.5, 0.6) is 0 Å². The summed E-state index contributed by atoms with van der Waals surface area (Å²) >= 11 is 0. The summed E-state index contributed by atoms with van der Waals surface area (Å²) in [7, 11) is 4.06. The van der Waals surface area contributed by atoms with E-state index in [9.17, 15) is 0 Å². The summed E-state index contributed by atoms with van der Waals surface area (Å²) in [5.41, 5.74) is 7.07. The van der Waals surface area contributed by atoms with Crippen molar-refractivity contribution >= 4 is 43.5 Å². The van der Waals surface area contributed by atoms with Crippen LogP contribution in [0, 0.1) is 32.3 Å². The van der Waals surface area contributed by atoms with Crippen molar-refractivity contribution in [2.24, 2.45) is 5.41 Å². The van der Waals surface area contributed by atoms with Crippen LogP contribution in [0.25, 0.3) is 66.0 Å². The monoisotopic (exact) mass is 864 g/mol. The third-order valence-electron chi connectivity index (χ3n) is 9.11. The van der Waals surface area contributed by atoms with Gasteiger partial charge in [0.2, 0.25) is 0 Å². The van der Waals surface area contributed by atoms with Crippen molar-refractivity contribution in [1.82, 2.24) is 4.98 Å². The molecule has 0 spiro atoms. The predicted octanol–water partition coefficient (Wildman–Crippen LogP) is 12.4. The fourth-order valence-electron chi connectivity index (χ4n) is 6.63. The maximum atomic E-state index is 8.70. The van der Waals surface area contributed by atoms with Crippen LogP contribution < -0.4 is 4.57 Å². The van der Waals surface area contributed by atoms with Crippen LogP contribution in [-0.2, 0) is 31.9 Å². The summed E-state index contributed by atoms with van der Waals surface area (Å²) in [4.78, 5) is 4.58. The summed E-state index contributed by atoms with van der Waals surface area (Å²) in [6.45, 7) is 14.1. The Morgan fingerprint density at radius 2 is 1.58 bits per heavy atom. The van der Waals surface area contributed by atoms with Gasteiger partial charge < -0.3 is 14.0 Å². The molecular weight excluding hydrogens is 813 g/mol. The van der Waals surface area contributed by atoms with E-state index in [1.54, 1.807) is 30.5 Å². The molecule has 0 saturated heterocycles. The van der Waals surface area contributed by atoms with Crippen LogP contribution in [0.3, 0.4) is 0 Å². The number of fused-ring (bicyclic) bond motifs is 7. The first-order chi connectivity index (χ1) is 26.3. The number of rotatable bonds is 3. The molecule has 3 heterocycles. The van der Waals surface area contributed by atoms with E-state index in [1.165, 1.54) is 10.9 Å². The number of aromatic nitrogens is 2. The first-order valence-electron chi connectivity index (χ1n) is 19.7. The van der Waals surface area contributed by atoms with E-state index in [0.717, 1.165) is 54.9 Å². The number of nitrogens with zero attached hydrogens (tertiary/aromatic N) is 2. The Hall–Kier alpha value is -4.89. The van der Waals surface area contributed by atoms with Gasteiger partial charge in [0.25, 0.3) is 0 Å². The quantitative estimate of drug-likeness (QED) is 0.101. The minimum Gasteiger partial charge on any atom is -0.500 e. The van der Waals surface area contributed by atoms with Crippen molar-refractivity contribution in [2.75, 3.05) is 0 Å². The molecule has 0 N–H and O–H groups in total. The zero-order chi connectivity index (χ0) is 40.4. The molecule has 8 rings (SSSR count). The molecule has 0 amide bonds. The van der Waals surface area contributed by atoms with Gasteiger partial charge in [-0.2, -0.15) is 18.6 Å². The minimum absolute atomic E-state index is 0. The molecule has 0 bridgehead atoms. The van der Waals surface area contributed by atoms with E-state index in [-0.39, 0.29) is 25.5 Å². The molecule has 3 nitrogen and oxygen atoms in total. The maximum Gasteiger partial charge on any atom is 3.00 e. The summed E-state index contributed by atoms with van der Waals surface area (Å²) in [5.74, 6) is 0. The van der Waals surface area contributed by atoms with Crippen LogP contribution in [0.4, 0.5) is 0 Å². The minimum atomic E-state index is -2.11. The van der Waals surface area contributed by atoms with Crippen LogP contribution in [0.2, 0.25) is 0 Å². The predicted molar refractivity (Wildman–Crippen MR) is 215 cm³/mol. The van der Waals surface area contributed by atoms with E-state index in [1.807, 2.05) is 55.8 Å². The molecule has 0 radical (unpaired) electrons. The Kier molecular flexibility index (Phi) is 8.42. The van der Waals surface area contributed by atoms with Gasteiger partial charge in [-0.1, -0.05) is 138 Å². The van der Waals surface area contributed by atoms with E-state index in [2.05, 4.69) is 100 Å². The number of benzene rings is 5. The third kappa shape index (κ3) is 7.37. The first kappa shape index (κ1) is 30.7. The van der Waals surface area contributed by atoms with E-state index < -0.39 is 18.6 Å². The van der Waals surface area contributed by atoms with Gasteiger partial charge in [-0.25, -0.2) is 0 Å². The summed E-state index contributed by atoms with van der Waals surface area (Å²) < 4.78 is 48.2. The molecule has 262 valence electrons. The SMILES string of the molecule is [2H]C([2H])([2H])c1ccc(-c2ccc(C(C)(C)C)c[n+]2[CH2-])c([CH2-])c1.[2H]C([2H])(c1ccnc(-c2[c-]ccc3c2oc2c3ccc3ccc4ccccc4c32)c1)C(C)(C)C.[Ir+3]. The summed E-state index contributed by atoms with van der Waals surface area (Å²) in [6.07, 6.45) is 2.17. The Morgan fingerprint density at radius 3 is 2.31 bits per heavy atom. The molecule has 0 aliphatic heterocycles. The molecule has 8 aromatic rings. The topological polar surface area (TPSA) is 29.9 Å². The molecule has 5 aromatic carbocycles. The summed E-state index contributed by atoms with van der Waals surface area (Å²) in [6, 6.07) is 36.9. The molecule has 0 saturated carbocycles. The number of pyridine rings is 2. The van der Waals surface area contributed by atoms with Crippen molar-refractivity contribution in [2.45, 2.75) is 60.2 Å². The zero-order valence-corrected chi connectivity index (χ0v) is 32.9. The van der Waals surface area contributed by atoms with Crippen molar-refractivity contribution < 1.29 is 35.9 Å². The smallest absolute Gasteiger partial charge is 0.500 e. The number of aryl methyl sites for hydroxylation is 1. The average molecular weight is 864 g/mol.